The number of allylic oxidation sites excluding steroid dienone is 1. The summed E-state index contributed by atoms with van der Waals surface area (Å²) in [5.41, 5.74) is 0.342. The first-order chi connectivity index (χ1) is 4.83. The van der Waals surface area contributed by atoms with Crippen LogP contribution in [-0.2, 0) is 4.79 Å². The van der Waals surface area contributed by atoms with Crippen LogP contribution < -0.4 is 0 Å². The first kappa shape index (κ1) is 10.3. The second-order valence-electron chi connectivity index (χ2n) is 2.77. The maximum absolute atomic E-state index is 12.2. The van der Waals surface area contributed by atoms with Crippen LogP contribution in [0.2, 0.25) is 0 Å². The highest BCUT2D eigenvalue weighted by Gasteiger charge is 2.21. The van der Waals surface area contributed by atoms with Crippen molar-refractivity contribution >= 4 is 5.78 Å². The molecule has 0 aromatic heterocycles. The average molecular weight is 162 g/mol. The number of carbonyl (C=O) groups is 1. The first-order valence-corrected chi connectivity index (χ1v) is 3.39. The van der Waals surface area contributed by atoms with Gasteiger partial charge in [-0.3, -0.25) is 4.79 Å². The molecule has 0 aromatic rings. The van der Waals surface area contributed by atoms with Gasteiger partial charge in [0.2, 0.25) is 5.92 Å². The summed E-state index contributed by atoms with van der Waals surface area (Å²) in [6.45, 7) is 5.69. The minimum absolute atomic E-state index is 0.112. The van der Waals surface area contributed by atoms with Crippen molar-refractivity contribution in [2.24, 2.45) is 0 Å². The zero-order valence-corrected chi connectivity index (χ0v) is 6.79. The second kappa shape index (κ2) is 3.60. The Morgan fingerprint density at radius 3 is 2.27 bits per heavy atom. The molecule has 3 heteroatoms. The summed E-state index contributed by atoms with van der Waals surface area (Å²) in [5, 5.41) is 0. The number of hydrogen-bond acceptors (Lipinski definition) is 1. The molecule has 0 heterocycles. The first-order valence-electron chi connectivity index (χ1n) is 3.39. The Morgan fingerprint density at radius 1 is 1.55 bits per heavy atom. The molecule has 0 amide bonds. The monoisotopic (exact) mass is 162 g/mol. The van der Waals surface area contributed by atoms with Crippen molar-refractivity contribution in [2.45, 2.75) is 32.6 Å². The quantitative estimate of drug-likeness (QED) is 0.580. The molecule has 0 spiro atoms. The number of hydrogen-bond donors (Lipinski definition) is 0. The second-order valence-corrected chi connectivity index (χ2v) is 2.77. The molecule has 0 radical (unpaired) electrons. The molecule has 0 saturated heterocycles. The molecule has 0 saturated carbocycles. The number of Topliss-reactive ketones (excluding diaryl/α,β-unsaturated/α-hetero) is 1. The number of alkyl halides is 2. The van der Waals surface area contributed by atoms with Gasteiger partial charge in [0.25, 0.3) is 0 Å². The maximum Gasteiger partial charge on any atom is 0.245 e. The van der Waals surface area contributed by atoms with Crippen LogP contribution in [-0.4, -0.2) is 11.7 Å². The summed E-state index contributed by atoms with van der Waals surface area (Å²) in [7, 11) is 0. The van der Waals surface area contributed by atoms with Crippen LogP contribution in [0.1, 0.15) is 26.7 Å². The molecule has 1 nitrogen and oxygen atoms in total. The molecule has 11 heavy (non-hydrogen) atoms. The lowest BCUT2D eigenvalue weighted by Gasteiger charge is -2.08. The Kier molecular flexibility index (Phi) is 3.36. The van der Waals surface area contributed by atoms with Crippen LogP contribution in [0.4, 0.5) is 8.78 Å². The fraction of sp³-hybridized carbons (Fsp3) is 0.625. The summed E-state index contributed by atoms with van der Waals surface area (Å²) in [6.07, 6.45) is -0.502. The van der Waals surface area contributed by atoms with E-state index in [2.05, 4.69) is 6.58 Å². The Labute approximate surface area is 65.1 Å². The minimum atomic E-state index is -2.74. The van der Waals surface area contributed by atoms with Gasteiger partial charge in [0.05, 0.1) is 0 Å². The fourth-order valence-electron chi connectivity index (χ4n) is 0.546. The van der Waals surface area contributed by atoms with E-state index in [0.717, 1.165) is 6.92 Å². The van der Waals surface area contributed by atoms with E-state index in [9.17, 15) is 13.6 Å². The molecular formula is C8H12F2O. The van der Waals surface area contributed by atoms with Crippen molar-refractivity contribution in [1.29, 1.82) is 0 Å². The van der Waals surface area contributed by atoms with Gasteiger partial charge in [-0.2, -0.15) is 0 Å². The Morgan fingerprint density at radius 2 is 2.00 bits per heavy atom. The zero-order chi connectivity index (χ0) is 9.07. The van der Waals surface area contributed by atoms with Crippen LogP contribution in [0, 0.1) is 0 Å². The third-order valence-corrected chi connectivity index (χ3v) is 1.27. The van der Waals surface area contributed by atoms with E-state index in [0.29, 0.717) is 5.57 Å². The predicted molar refractivity (Wildman–Crippen MR) is 39.7 cm³/mol. The van der Waals surface area contributed by atoms with Gasteiger partial charge in [0.1, 0.15) is 0 Å². The summed E-state index contributed by atoms with van der Waals surface area (Å²) in [6, 6.07) is 0. The zero-order valence-electron chi connectivity index (χ0n) is 6.79. The van der Waals surface area contributed by atoms with E-state index in [1.165, 1.54) is 6.92 Å². The van der Waals surface area contributed by atoms with E-state index in [4.69, 9.17) is 0 Å². The summed E-state index contributed by atoms with van der Waals surface area (Å²) in [5.74, 6) is -3.03. The lowest BCUT2D eigenvalue weighted by molar-refractivity contribution is -0.117. The van der Waals surface area contributed by atoms with Crippen molar-refractivity contribution < 1.29 is 13.6 Å². The van der Waals surface area contributed by atoms with Gasteiger partial charge in [-0.1, -0.05) is 6.58 Å². The van der Waals surface area contributed by atoms with Crippen molar-refractivity contribution in [3.8, 4) is 0 Å². The van der Waals surface area contributed by atoms with Crippen molar-refractivity contribution in [1.82, 2.24) is 0 Å². The lowest BCUT2D eigenvalue weighted by atomic mass is 10.1. The molecule has 0 aliphatic rings. The van der Waals surface area contributed by atoms with E-state index >= 15 is 0 Å². The predicted octanol–water partition coefficient (Wildman–Crippen LogP) is 2.57. The Hall–Kier alpha value is -0.730. The average Bonchev–Trinajstić information content (AvgIpc) is 1.80. The largest absolute Gasteiger partial charge is 0.295 e. The number of halogens is 2. The highest BCUT2D eigenvalue weighted by atomic mass is 19.3. The molecule has 0 N–H and O–H groups in total. The number of ketones is 1. The van der Waals surface area contributed by atoms with Gasteiger partial charge in [0, 0.05) is 12.8 Å². The smallest absolute Gasteiger partial charge is 0.245 e. The maximum atomic E-state index is 12.2. The SMILES string of the molecule is C=C(C)C(=O)CCC(C)(F)F. The van der Waals surface area contributed by atoms with Gasteiger partial charge in [-0.25, -0.2) is 8.78 Å². The highest BCUT2D eigenvalue weighted by molar-refractivity contribution is 5.94. The van der Waals surface area contributed by atoms with Crippen LogP contribution in [0.25, 0.3) is 0 Å². The standard InChI is InChI=1S/C8H12F2O/c1-6(2)7(11)4-5-8(3,9)10/h1,4-5H2,2-3H3. The molecule has 0 aromatic carbocycles. The highest BCUT2D eigenvalue weighted by Crippen LogP contribution is 2.19. The fourth-order valence-corrected chi connectivity index (χ4v) is 0.546. The van der Waals surface area contributed by atoms with E-state index < -0.39 is 12.3 Å². The molecule has 64 valence electrons. The molecule has 0 fully saturated rings. The molecule has 0 aliphatic carbocycles. The molecule has 0 aliphatic heterocycles. The Balaban J connectivity index is 3.73. The third-order valence-electron chi connectivity index (χ3n) is 1.27. The molecule has 0 unspecified atom stereocenters. The van der Waals surface area contributed by atoms with Crippen molar-refractivity contribution in [3.05, 3.63) is 12.2 Å². The van der Waals surface area contributed by atoms with Gasteiger partial charge < -0.3 is 0 Å². The van der Waals surface area contributed by atoms with Crippen LogP contribution >= 0.6 is 0 Å². The minimum Gasteiger partial charge on any atom is -0.295 e. The number of carbonyl (C=O) groups excluding carboxylic acids is 1. The topological polar surface area (TPSA) is 17.1 Å². The van der Waals surface area contributed by atoms with Gasteiger partial charge >= 0.3 is 0 Å². The molecular weight excluding hydrogens is 150 g/mol. The van der Waals surface area contributed by atoms with E-state index in [1.54, 1.807) is 0 Å². The van der Waals surface area contributed by atoms with E-state index in [1.807, 2.05) is 0 Å². The third kappa shape index (κ3) is 5.70. The Bertz CT molecular complexity index is 167. The lowest BCUT2D eigenvalue weighted by Crippen LogP contribution is -2.12. The molecule has 0 atom stereocenters. The van der Waals surface area contributed by atoms with E-state index in [-0.39, 0.29) is 12.2 Å². The normalized spacial score (nSPS) is 11.3. The summed E-state index contributed by atoms with van der Waals surface area (Å²) in [4.78, 5) is 10.8. The van der Waals surface area contributed by atoms with Gasteiger partial charge in [-0.05, 0) is 19.4 Å². The van der Waals surface area contributed by atoms with Crippen LogP contribution in [0.5, 0.6) is 0 Å². The molecule has 0 rings (SSSR count). The van der Waals surface area contributed by atoms with Crippen LogP contribution in [0.15, 0.2) is 12.2 Å². The number of rotatable bonds is 4. The summed E-state index contributed by atoms with van der Waals surface area (Å²) < 4.78 is 24.3. The van der Waals surface area contributed by atoms with Crippen LogP contribution in [0.3, 0.4) is 0 Å². The van der Waals surface area contributed by atoms with Gasteiger partial charge in [-0.15, -0.1) is 0 Å². The summed E-state index contributed by atoms with van der Waals surface area (Å²) >= 11 is 0. The van der Waals surface area contributed by atoms with Crippen molar-refractivity contribution in [3.63, 3.8) is 0 Å². The van der Waals surface area contributed by atoms with Crippen molar-refractivity contribution in [2.75, 3.05) is 0 Å². The van der Waals surface area contributed by atoms with Gasteiger partial charge in [0.15, 0.2) is 5.78 Å². The molecule has 0 bridgehead atoms.